The van der Waals surface area contributed by atoms with Crippen molar-refractivity contribution in [2.75, 3.05) is 49.6 Å². The summed E-state index contributed by atoms with van der Waals surface area (Å²) >= 11 is 0. The number of methoxy groups -OCH3 is 1. The van der Waals surface area contributed by atoms with Crippen LogP contribution in [0.25, 0.3) is 11.2 Å². The van der Waals surface area contributed by atoms with Gasteiger partial charge in [0.2, 0.25) is 11.9 Å². The molecule has 0 unspecified atom stereocenters. The minimum Gasteiger partial charge on any atom is -0.467 e. The summed E-state index contributed by atoms with van der Waals surface area (Å²) in [7, 11) is 3.09. The first-order valence-corrected chi connectivity index (χ1v) is 9.84. The zero-order valence-electron chi connectivity index (χ0n) is 16.6. The molecule has 28 heavy (non-hydrogen) atoms. The lowest BCUT2D eigenvalue weighted by Crippen LogP contribution is -2.44. The number of aryl methyl sites for hydroxylation is 1. The van der Waals surface area contributed by atoms with Gasteiger partial charge < -0.3 is 24.4 Å². The van der Waals surface area contributed by atoms with Crippen LogP contribution in [-0.2, 0) is 23.1 Å². The number of carbonyl (C=O) groups excluding carboxylic acids is 1. The fraction of sp³-hybridized carbons (Fsp3) is 0.667. The smallest absolute Gasteiger partial charge is 0.328 e. The standard InChI is InChI=1S/C18H27N7O3/c1-4-24-13-14(21-18(24)23-10-7-19-8-11-23)20-17(22(2)15(13)26)25-9-5-6-12(25)16(27)28-3/h12,19H,4-11H2,1-3H3/t12-/m0/s1. The summed E-state index contributed by atoms with van der Waals surface area (Å²) in [5, 5.41) is 3.33. The molecule has 2 fully saturated rings. The molecule has 0 bridgehead atoms. The van der Waals surface area contributed by atoms with Crippen LogP contribution in [0.1, 0.15) is 19.8 Å². The van der Waals surface area contributed by atoms with Crippen LogP contribution in [0.3, 0.4) is 0 Å². The largest absolute Gasteiger partial charge is 0.467 e. The Hall–Kier alpha value is -2.62. The summed E-state index contributed by atoms with van der Waals surface area (Å²) in [4.78, 5) is 38.9. The second-order valence-corrected chi connectivity index (χ2v) is 7.22. The average Bonchev–Trinajstić information content (AvgIpc) is 3.35. The summed E-state index contributed by atoms with van der Waals surface area (Å²) < 4.78 is 8.41. The molecule has 4 rings (SSSR count). The molecule has 2 aliphatic rings. The lowest BCUT2D eigenvalue weighted by atomic mass is 10.2. The van der Waals surface area contributed by atoms with Crippen molar-refractivity contribution in [3.8, 4) is 0 Å². The fourth-order valence-electron chi connectivity index (χ4n) is 4.19. The van der Waals surface area contributed by atoms with E-state index in [2.05, 4.69) is 10.2 Å². The van der Waals surface area contributed by atoms with Gasteiger partial charge in [-0.25, -0.2) is 4.79 Å². The minimum atomic E-state index is -0.415. The number of anilines is 2. The van der Waals surface area contributed by atoms with Crippen LogP contribution >= 0.6 is 0 Å². The number of imidazole rings is 1. The number of ether oxygens (including phenoxy) is 1. The first-order chi connectivity index (χ1) is 13.6. The number of fused-ring (bicyclic) bond motifs is 1. The third kappa shape index (κ3) is 2.92. The molecule has 0 radical (unpaired) electrons. The summed E-state index contributed by atoms with van der Waals surface area (Å²) in [6.45, 7) is 6.76. The summed E-state index contributed by atoms with van der Waals surface area (Å²) in [5.74, 6) is 0.956. The molecule has 4 heterocycles. The van der Waals surface area contributed by atoms with Gasteiger partial charge in [-0.3, -0.25) is 9.36 Å². The number of nitrogens with one attached hydrogen (secondary N) is 1. The van der Waals surface area contributed by atoms with Gasteiger partial charge in [0.25, 0.3) is 5.56 Å². The zero-order chi connectivity index (χ0) is 19.8. The second kappa shape index (κ2) is 7.42. The quantitative estimate of drug-likeness (QED) is 0.712. The average molecular weight is 389 g/mol. The van der Waals surface area contributed by atoms with E-state index in [1.807, 2.05) is 16.4 Å². The lowest BCUT2D eigenvalue weighted by molar-refractivity contribution is -0.141. The summed E-state index contributed by atoms with van der Waals surface area (Å²) in [6.07, 6.45) is 1.54. The highest BCUT2D eigenvalue weighted by Gasteiger charge is 2.35. The van der Waals surface area contributed by atoms with Crippen molar-refractivity contribution < 1.29 is 9.53 Å². The van der Waals surface area contributed by atoms with Crippen LogP contribution in [0.15, 0.2) is 4.79 Å². The van der Waals surface area contributed by atoms with E-state index in [0.717, 1.165) is 38.5 Å². The van der Waals surface area contributed by atoms with Crippen molar-refractivity contribution >= 4 is 29.0 Å². The van der Waals surface area contributed by atoms with Crippen LogP contribution in [0.2, 0.25) is 0 Å². The van der Waals surface area contributed by atoms with E-state index in [4.69, 9.17) is 14.7 Å². The number of esters is 1. The Labute approximate surface area is 163 Å². The first-order valence-electron chi connectivity index (χ1n) is 9.84. The Morgan fingerprint density at radius 2 is 1.93 bits per heavy atom. The Kier molecular flexibility index (Phi) is 4.96. The van der Waals surface area contributed by atoms with Crippen molar-refractivity contribution in [2.45, 2.75) is 32.4 Å². The molecular formula is C18H27N7O3. The molecule has 2 aliphatic heterocycles. The SMILES string of the molecule is CCn1c(N2CCNCC2)nc2nc(N3CCC[C@H]3C(=O)OC)n(C)c(=O)c21. The first kappa shape index (κ1) is 18.7. The van der Waals surface area contributed by atoms with E-state index < -0.39 is 6.04 Å². The molecule has 0 amide bonds. The molecule has 0 aromatic carbocycles. The van der Waals surface area contributed by atoms with E-state index in [0.29, 0.717) is 36.6 Å². The third-order valence-electron chi connectivity index (χ3n) is 5.64. The van der Waals surface area contributed by atoms with Gasteiger partial charge in [-0.15, -0.1) is 0 Å². The Balaban J connectivity index is 1.83. The zero-order valence-corrected chi connectivity index (χ0v) is 16.6. The minimum absolute atomic E-state index is 0.147. The van der Waals surface area contributed by atoms with Gasteiger partial charge in [-0.2, -0.15) is 9.97 Å². The number of nitrogens with zero attached hydrogens (tertiary/aromatic N) is 6. The second-order valence-electron chi connectivity index (χ2n) is 7.22. The molecule has 2 aromatic rings. The predicted molar refractivity (Wildman–Crippen MR) is 106 cm³/mol. The Morgan fingerprint density at radius 1 is 1.21 bits per heavy atom. The van der Waals surface area contributed by atoms with Gasteiger partial charge in [0.15, 0.2) is 11.2 Å². The van der Waals surface area contributed by atoms with Crippen LogP contribution < -0.4 is 20.7 Å². The maximum absolute atomic E-state index is 13.2. The van der Waals surface area contributed by atoms with Crippen molar-refractivity contribution in [2.24, 2.45) is 7.05 Å². The van der Waals surface area contributed by atoms with Crippen LogP contribution in [0.5, 0.6) is 0 Å². The van der Waals surface area contributed by atoms with Crippen LogP contribution in [0.4, 0.5) is 11.9 Å². The summed E-state index contributed by atoms with van der Waals surface area (Å²) in [5.41, 5.74) is 0.798. The van der Waals surface area contributed by atoms with E-state index in [9.17, 15) is 9.59 Å². The highest BCUT2D eigenvalue weighted by molar-refractivity contribution is 5.81. The van der Waals surface area contributed by atoms with Crippen molar-refractivity contribution in [3.63, 3.8) is 0 Å². The number of piperazine rings is 1. The molecule has 0 spiro atoms. The van der Waals surface area contributed by atoms with Crippen LogP contribution in [0, 0.1) is 0 Å². The predicted octanol–water partition coefficient (Wildman–Crippen LogP) is -0.299. The van der Waals surface area contributed by atoms with Crippen molar-refractivity contribution in [1.29, 1.82) is 0 Å². The topological polar surface area (TPSA) is 97.5 Å². The van der Waals surface area contributed by atoms with E-state index in [-0.39, 0.29) is 11.5 Å². The van der Waals surface area contributed by atoms with E-state index in [1.165, 1.54) is 11.7 Å². The van der Waals surface area contributed by atoms with Gasteiger partial charge in [0.1, 0.15) is 6.04 Å². The monoisotopic (exact) mass is 389 g/mol. The molecule has 0 aliphatic carbocycles. The van der Waals surface area contributed by atoms with E-state index in [1.54, 1.807) is 7.05 Å². The van der Waals surface area contributed by atoms with Gasteiger partial charge in [0.05, 0.1) is 7.11 Å². The van der Waals surface area contributed by atoms with Gasteiger partial charge in [-0.05, 0) is 19.8 Å². The van der Waals surface area contributed by atoms with Crippen molar-refractivity contribution in [1.82, 2.24) is 24.4 Å². The number of carbonyl (C=O) groups is 1. The van der Waals surface area contributed by atoms with Gasteiger partial charge >= 0.3 is 5.97 Å². The molecule has 1 N–H and O–H groups in total. The number of hydrogen-bond acceptors (Lipinski definition) is 8. The lowest BCUT2D eigenvalue weighted by Gasteiger charge is -2.28. The molecule has 2 saturated heterocycles. The van der Waals surface area contributed by atoms with Crippen molar-refractivity contribution in [3.05, 3.63) is 10.4 Å². The number of aromatic nitrogens is 4. The third-order valence-corrected chi connectivity index (χ3v) is 5.64. The molecule has 152 valence electrons. The summed E-state index contributed by atoms with van der Waals surface area (Å²) in [6, 6.07) is -0.415. The molecular weight excluding hydrogens is 362 g/mol. The Morgan fingerprint density at radius 3 is 2.61 bits per heavy atom. The maximum atomic E-state index is 13.2. The fourth-order valence-corrected chi connectivity index (χ4v) is 4.19. The Bertz CT molecular complexity index is 945. The van der Waals surface area contributed by atoms with Crippen LogP contribution in [-0.4, -0.2) is 70.9 Å². The van der Waals surface area contributed by atoms with Gasteiger partial charge in [0, 0.05) is 46.3 Å². The molecule has 2 aromatic heterocycles. The number of rotatable bonds is 4. The highest BCUT2D eigenvalue weighted by Crippen LogP contribution is 2.26. The maximum Gasteiger partial charge on any atom is 0.328 e. The molecule has 10 heteroatoms. The molecule has 1 atom stereocenters. The molecule has 0 saturated carbocycles. The number of hydrogen-bond donors (Lipinski definition) is 1. The van der Waals surface area contributed by atoms with E-state index >= 15 is 0 Å². The normalized spacial score (nSPS) is 20.2. The highest BCUT2D eigenvalue weighted by atomic mass is 16.5. The molecule has 10 nitrogen and oxygen atoms in total. The van der Waals surface area contributed by atoms with Gasteiger partial charge in [-0.1, -0.05) is 0 Å².